The first-order chi connectivity index (χ1) is 64.3. The van der Waals surface area contributed by atoms with Crippen molar-refractivity contribution in [2.45, 2.75) is 156 Å². The van der Waals surface area contributed by atoms with Crippen molar-refractivity contribution in [1.82, 2.24) is 69.4 Å². The number of hydrogen-bond donors (Lipinski definition) is 6. The summed E-state index contributed by atoms with van der Waals surface area (Å²) in [6.07, 6.45) is -3.47. The van der Waals surface area contributed by atoms with E-state index in [1.807, 2.05) is 181 Å². The van der Waals surface area contributed by atoms with Crippen molar-refractivity contribution < 1.29 is 91.8 Å². The molecule has 134 heavy (non-hydrogen) atoms. The van der Waals surface area contributed by atoms with Crippen LogP contribution in [0.4, 0.5) is 0 Å². The van der Waals surface area contributed by atoms with Crippen LogP contribution in [0.1, 0.15) is 127 Å². The van der Waals surface area contributed by atoms with Crippen molar-refractivity contribution >= 4 is 118 Å². The number of rotatable bonds is 28. The number of aliphatic carboxylic acids is 1. The van der Waals surface area contributed by atoms with Gasteiger partial charge < -0.3 is 65.3 Å². The number of aliphatic hydroxyl groups is 2. The number of carbonyl (C=O) groups excluding carboxylic acids is 11. The van der Waals surface area contributed by atoms with Crippen LogP contribution < -0.4 is 16.4 Å². The Hall–Kier alpha value is -14.5. The first kappa shape index (κ1) is 98.5. The highest BCUT2D eigenvalue weighted by Gasteiger charge is 2.45. The Morgan fingerprint density at radius 3 is 0.955 bits per heavy atom. The Balaban J connectivity index is 0.000000155. The maximum Gasteiger partial charge on any atom is 0.349 e. The Morgan fingerprint density at radius 2 is 0.627 bits per heavy atom. The zero-order chi connectivity index (χ0) is 95.8. The topological polar surface area (TPSA) is 437 Å². The molecule has 4 aliphatic rings. The predicted molar refractivity (Wildman–Crippen MR) is 487 cm³/mol. The van der Waals surface area contributed by atoms with Gasteiger partial charge in [-0.25, -0.2) is 4.79 Å². The number of halogens is 4. The number of aliphatic hydroxyl groups excluding tert-OH is 2. The highest BCUT2D eigenvalue weighted by atomic mass is 35.5. The number of nitrogens with two attached hydrogens (primary N) is 1. The van der Waals surface area contributed by atoms with Crippen molar-refractivity contribution in [3.05, 3.63) is 353 Å². The summed E-state index contributed by atoms with van der Waals surface area (Å²) in [5.74, 6) is -9.14. The highest BCUT2D eigenvalue weighted by Crippen LogP contribution is 2.31. The summed E-state index contributed by atoms with van der Waals surface area (Å²) in [7, 11) is 0. The third-order valence-corrected chi connectivity index (χ3v) is 22.7. The summed E-state index contributed by atoms with van der Waals surface area (Å²) < 4.78 is 26.9. The van der Waals surface area contributed by atoms with Gasteiger partial charge in [-0.15, -0.1) is 0 Å². The molecule has 0 spiro atoms. The Morgan fingerprint density at radius 1 is 0.351 bits per heavy atom. The number of carboxylic acid groups (broad SMARTS) is 1. The van der Waals surface area contributed by atoms with Crippen molar-refractivity contribution in [3.63, 3.8) is 0 Å². The number of esters is 4. The fraction of sp³-hybridized carbons (Fsp3) is 0.250. The Bertz CT molecular complexity index is 6190. The molecule has 0 unspecified atom stereocenters. The fourth-order valence-electron chi connectivity index (χ4n) is 14.6. The largest absolute Gasteiger partial charge is 0.478 e. The number of fused-ring (bicyclic) bond motifs is 4. The predicted octanol–water partition coefficient (Wildman–Crippen LogP) is 9.97. The molecule has 0 bridgehead atoms. The average Bonchev–Trinajstić information content (AvgIpc) is 1.63. The number of imide groups is 1. The van der Waals surface area contributed by atoms with Gasteiger partial charge in [0.15, 0.2) is 12.2 Å². The Kier molecular flexibility index (Phi) is 34.2. The normalized spacial score (nSPS) is 13.8. The summed E-state index contributed by atoms with van der Waals surface area (Å²) in [4.78, 5) is 152. The zero-order valence-electron chi connectivity index (χ0n) is 72.8. The van der Waals surface area contributed by atoms with E-state index in [2.05, 4.69) is 35.8 Å². The number of ether oxygens (including phenoxy) is 4. The molecular formula is C96H93Cl4N15O19. The number of nitrogens with one attached hydrogen (secondary N) is 2. The maximum atomic E-state index is 13.4. The van der Waals surface area contributed by atoms with Crippen LogP contribution in [0.2, 0.25) is 20.1 Å². The molecule has 12 aromatic rings. The van der Waals surface area contributed by atoms with Crippen molar-refractivity contribution in [2.24, 2.45) is 5.73 Å². The van der Waals surface area contributed by atoms with Crippen LogP contribution in [-0.4, -0.2) is 182 Å². The fourth-order valence-corrected chi connectivity index (χ4v) is 15.4. The average molecular weight is 1900 g/mol. The van der Waals surface area contributed by atoms with E-state index in [9.17, 15) is 72.9 Å². The van der Waals surface area contributed by atoms with E-state index in [1.165, 1.54) is 19.6 Å². The molecule has 6 atom stereocenters. The van der Waals surface area contributed by atoms with Crippen LogP contribution in [0.5, 0.6) is 0 Å². The smallest absolute Gasteiger partial charge is 0.349 e. The van der Waals surface area contributed by atoms with Crippen LogP contribution in [0.15, 0.2) is 243 Å². The molecule has 8 heterocycles. The van der Waals surface area contributed by atoms with Crippen LogP contribution in [-0.2, 0) is 159 Å². The third kappa shape index (κ3) is 26.5. The summed E-state index contributed by atoms with van der Waals surface area (Å²) in [5, 5.41) is 55.1. The second-order valence-corrected chi connectivity index (χ2v) is 32.6. The summed E-state index contributed by atoms with van der Waals surface area (Å²) in [5.41, 5.74) is 18.5. The van der Waals surface area contributed by atoms with E-state index in [0.717, 1.165) is 94.0 Å². The first-order valence-electron chi connectivity index (χ1n) is 41.9. The number of amides is 7. The van der Waals surface area contributed by atoms with Gasteiger partial charge in [0, 0.05) is 118 Å². The molecule has 16 rings (SSSR count). The minimum absolute atomic E-state index is 0.0116. The number of carboxylic acids is 1. The van der Waals surface area contributed by atoms with E-state index in [0.29, 0.717) is 89.1 Å². The molecule has 0 fully saturated rings. The molecule has 0 saturated carbocycles. The highest BCUT2D eigenvalue weighted by molar-refractivity contribution is 6.32. The van der Waals surface area contributed by atoms with E-state index < -0.39 is 96.0 Å². The van der Waals surface area contributed by atoms with E-state index >= 15 is 0 Å². The minimum Gasteiger partial charge on any atom is -0.478 e. The second-order valence-electron chi connectivity index (χ2n) is 31.0. The molecular weight excluding hydrogens is 1810 g/mol. The molecule has 4 aromatic heterocycles. The lowest BCUT2D eigenvalue weighted by atomic mass is 10.1. The summed E-state index contributed by atoms with van der Waals surface area (Å²) >= 11 is 24.6. The van der Waals surface area contributed by atoms with E-state index in [-0.39, 0.29) is 57.6 Å². The van der Waals surface area contributed by atoms with Crippen LogP contribution in [0.25, 0.3) is 0 Å². The van der Waals surface area contributed by atoms with Gasteiger partial charge in [0.2, 0.25) is 24.4 Å². The van der Waals surface area contributed by atoms with Crippen LogP contribution in [0.3, 0.4) is 0 Å². The lowest BCUT2D eigenvalue weighted by molar-refractivity contribution is -0.183. The molecule has 0 saturated heterocycles. The monoisotopic (exact) mass is 1900 g/mol. The first-order valence-corrected chi connectivity index (χ1v) is 43.4. The molecule has 4 aliphatic heterocycles. The number of hydrogen-bond acceptors (Lipinski definition) is 23. The van der Waals surface area contributed by atoms with Crippen LogP contribution in [0, 0.1) is 0 Å². The Labute approximate surface area is 788 Å². The molecule has 34 nitrogen and oxygen atoms in total. The van der Waals surface area contributed by atoms with Crippen molar-refractivity contribution in [3.8, 4) is 0 Å². The number of carbonyl (C=O) groups is 12. The van der Waals surface area contributed by atoms with Gasteiger partial charge in [0.25, 0.3) is 41.4 Å². The molecule has 0 aliphatic carbocycles. The van der Waals surface area contributed by atoms with Gasteiger partial charge in [-0.1, -0.05) is 204 Å². The standard InChI is InChI=1S/C27H27ClN4O6.C23H23ClN4O4.C19H14ClN3O2.C16H17NO7.C11H12ClN3/c1-17(33)37-24(25(38-18(2)34)27(36)31-14-19-7-3-4-8-20(19)15-31)26(35)29-13-22-11-12-32(30-22)16-21-9-5-6-10-23(21)28;24-19-8-4-3-7-17(19)14-28-10-9-18(26-28)11-25-22(31)20(29)21(30)23(32)27-12-15-5-1-2-6-16(15)13-27;20-17-8-4-1-5-13(17)11-22-10-9-14(21-22)12-23-18(24)15-6-2-3-7-16(15)19(23)25;1-9(18)23-13(14(16(21)22)24-10(2)19)15(20)17-7-11-5-3-4-6-12(11)8-17;12-11-4-2-1-3-9(11)8-15-6-5-10(7-13)14-15/h3-12,24-25H,13-16H2,1-2H3,(H,29,35);1-10,20-21,29-30H,11-14H2,(H,25,31);1-10H,11-12H2;3-6,13-14H,7-8H2,1-2H3,(H,21,22);1-6H,7-8,13H2/t24-,25-;20-,21-;;13-,14-;/m11.1./s1. The van der Waals surface area contributed by atoms with E-state index in [1.54, 1.807) is 81.0 Å². The number of benzene rings is 8. The lowest BCUT2D eigenvalue weighted by Gasteiger charge is -2.28. The van der Waals surface area contributed by atoms with Crippen molar-refractivity contribution in [2.75, 3.05) is 0 Å². The zero-order valence-corrected chi connectivity index (χ0v) is 75.8. The van der Waals surface area contributed by atoms with Gasteiger partial charge in [-0.05, 0) is 116 Å². The van der Waals surface area contributed by atoms with Gasteiger partial charge in [0.05, 0.1) is 79.7 Å². The lowest BCUT2D eigenvalue weighted by Crippen LogP contribution is -2.53. The second kappa shape index (κ2) is 46.5. The summed E-state index contributed by atoms with van der Waals surface area (Å²) in [6.45, 7) is 8.82. The maximum absolute atomic E-state index is 13.4. The van der Waals surface area contributed by atoms with Crippen molar-refractivity contribution in [1.29, 1.82) is 0 Å². The number of nitrogens with zero attached hydrogens (tertiary/aromatic N) is 12. The number of aromatic nitrogens is 8. The minimum atomic E-state index is -1.90. The van der Waals surface area contributed by atoms with Crippen LogP contribution >= 0.6 is 46.4 Å². The summed E-state index contributed by atoms with van der Waals surface area (Å²) in [6, 6.07) is 66.6. The van der Waals surface area contributed by atoms with Gasteiger partial charge in [-0.3, -0.25) is 76.4 Å². The van der Waals surface area contributed by atoms with Gasteiger partial charge >= 0.3 is 29.8 Å². The molecule has 38 heteroatoms. The quantitative estimate of drug-likeness (QED) is 0.0151. The van der Waals surface area contributed by atoms with E-state index in [4.69, 9.17) is 66.3 Å². The molecule has 7 amide bonds. The molecule has 0 radical (unpaired) electrons. The molecule has 7 N–H and O–H groups in total. The van der Waals surface area contributed by atoms with Gasteiger partial charge in [-0.2, -0.15) is 20.4 Å². The molecule has 694 valence electrons. The van der Waals surface area contributed by atoms with Gasteiger partial charge in [0.1, 0.15) is 0 Å². The third-order valence-electron chi connectivity index (χ3n) is 21.2. The molecule has 8 aromatic carbocycles. The SMILES string of the molecule is CC(=O)O[C@@H](C(=O)NCc1ccn(Cc2ccccc2Cl)n1)[C@@H](OC(C)=O)C(=O)N1Cc2ccccc2C1.CC(=O)O[C@@H](C(=O)O)[C@@H](OC(C)=O)C(=O)N1Cc2ccccc2C1.NCc1ccn(Cc2ccccc2Cl)n1.O=C(NCc1ccn(Cc2ccccc2Cl)n1)[C@H](O)[C@@H](O)C(=O)N1Cc2ccccc2C1.O=C1c2ccccc2C(=O)N1Cc1ccn(Cc2ccccc2Cl)n1.